The lowest BCUT2D eigenvalue weighted by Crippen LogP contribution is -2.52. The SMILES string of the molecule is CC1(C)N=CN=C(N)N1c1ccc(CCC(=O)Nc2ccc(S(=O)(=O)F)cc2)c(Cl)c1.CCS(=O)(=O)O. The summed E-state index contributed by atoms with van der Waals surface area (Å²) in [5.41, 5.74) is 7.26. The second kappa shape index (κ2) is 12.0. The van der Waals surface area contributed by atoms with Gasteiger partial charge in [0.05, 0.1) is 10.6 Å². The molecule has 0 saturated carbocycles. The quantitative estimate of drug-likeness (QED) is 0.333. The van der Waals surface area contributed by atoms with E-state index in [1.54, 1.807) is 11.0 Å². The largest absolute Gasteiger partial charge is 0.369 e. The Morgan fingerprint density at radius 3 is 2.24 bits per heavy atom. The van der Waals surface area contributed by atoms with Crippen molar-refractivity contribution in [3.63, 3.8) is 0 Å². The van der Waals surface area contributed by atoms with E-state index in [4.69, 9.17) is 21.9 Å². The van der Waals surface area contributed by atoms with Crippen molar-refractivity contribution in [1.29, 1.82) is 0 Å². The Hall–Kier alpha value is -3.07. The van der Waals surface area contributed by atoms with Gasteiger partial charge in [-0.15, -0.1) is 3.89 Å². The van der Waals surface area contributed by atoms with Crippen LogP contribution in [0.3, 0.4) is 0 Å². The third kappa shape index (κ3) is 9.07. The molecule has 1 amide bonds. The van der Waals surface area contributed by atoms with Crippen LogP contribution in [0.25, 0.3) is 0 Å². The summed E-state index contributed by atoms with van der Waals surface area (Å²) in [5.74, 6) is -0.193. The molecule has 0 aromatic heterocycles. The molecule has 15 heteroatoms. The van der Waals surface area contributed by atoms with Gasteiger partial charge in [0.15, 0.2) is 0 Å². The predicted molar refractivity (Wildman–Crippen MR) is 142 cm³/mol. The highest BCUT2D eigenvalue weighted by atomic mass is 35.5. The number of carbonyl (C=O) groups excluding carboxylic acids is 1. The molecule has 0 saturated heterocycles. The lowest BCUT2D eigenvalue weighted by Gasteiger charge is -2.37. The Kier molecular flexibility index (Phi) is 9.77. The third-order valence-corrected chi connectivity index (χ3v) is 6.96. The molecule has 4 N–H and O–H groups in total. The maximum Gasteiger partial charge on any atom is 0.332 e. The third-order valence-electron chi connectivity index (χ3n) is 5.04. The fourth-order valence-electron chi connectivity index (χ4n) is 3.12. The summed E-state index contributed by atoms with van der Waals surface area (Å²) in [7, 11) is -8.44. The minimum atomic E-state index is -4.78. The molecule has 3 rings (SSSR count). The summed E-state index contributed by atoms with van der Waals surface area (Å²) in [6.07, 6.45) is 1.95. The lowest BCUT2D eigenvalue weighted by atomic mass is 10.1. The average Bonchev–Trinajstić information content (AvgIpc) is 2.77. The van der Waals surface area contributed by atoms with Gasteiger partial charge < -0.3 is 11.1 Å². The molecular formula is C22H27ClFN5O6S2. The molecule has 11 nitrogen and oxygen atoms in total. The summed E-state index contributed by atoms with van der Waals surface area (Å²) in [4.78, 5) is 21.9. The van der Waals surface area contributed by atoms with Gasteiger partial charge in [-0.3, -0.25) is 14.2 Å². The van der Waals surface area contributed by atoms with Crippen molar-refractivity contribution in [2.45, 2.75) is 44.2 Å². The van der Waals surface area contributed by atoms with Gasteiger partial charge in [0, 0.05) is 22.8 Å². The first kappa shape index (κ1) is 30.2. The molecule has 0 fully saturated rings. The second-order valence-electron chi connectivity index (χ2n) is 8.22. The van der Waals surface area contributed by atoms with Gasteiger partial charge in [-0.05, 0) is 69.2 Å². The monoisotopic (exact) mass is 575 g/mol. The molecule has 0 unspecified atom stereocenters. The first-order valence-corrected chi connectivity index (χ1v) is 14.2. The van der Waals surface area contributed by atoms with E-state index in [0.717, 1.165) is 23.4 Å². The lowest BCUT2D eigenvalue weighted by molar-refractivity contribution is -0.116. The fraction of sp³-hybridized carbons (Fsp3) is 0.318. The van der Waals surface area contributed by atoms with Crippen LogP contribution in [0, 0.1) is 0 Å². The van der Waals surface area contributed by atoms with Crippen molar-refractivity contribution in [1.82, 2.24) is 0 Å². The van der Waals surface area contributed by atoms with Crippen LogP contribution in [0.15, 0.2) is 57.3 Å². The van der Waals surface area contributed by atoms with Crippen molar-refractivity contribution >= 4 is 61.5 Å². The Labute approximate surface area is 220 Å². The Morgan fingerprint density at radius 1 is 1.16 bits per heavy atom. The van der Waals surface area contributed by atoms with E-state index in [-0.39, 0.29) is 18.1 Å². The molecular weight excluding hydrogens is 549 g/mol. The van der Waals surface area contributed by atoms with Crippen LogP contribution in [0.2, 0.25) is 5.02 Å². The number of nitrogens with one attached hydrogen (secondary N) is 1. The Bertz CT molecular complexity index is 1410. The number of benzene rings is 2. The summed E-state index contributed by atoms with van der Waals surface area (Å²) in [6.45, 7) is 5.16. The van der Waals surface area contributed by atoms with Crippen molar-refractivity contribution in [3.8, 4) is 0 Å². The smallest absolute Gasteiger partial charge is 0.332 e. The molecule has 0 spiro atoms. The highest BCUT2D eigenvalue weighted by Crippen LogP contribution is 2.31. The van der Waals surface area contributed by atoms with Crippen LogP contribution in [0.4, 0.5) is 15.3 Å². The number of rotatable bonds is 7. The van der Waals surface area contributed by atoms with Crippen molar-refractivity contribution in [3.05, 3.63) is 53.1 Å². The van der Waals surface area contributed by atoms with Crippen molar-refractivity contribution in [2.24, 2.45) is 15.7 Å². The molecule has 2 aromatic rings. The number of carbonyl (C=O) groups is 1. The number of amides is 1. The number of nitrogens with zero attached hydrogens (tertiary/aromatic N) is 3. The zero-order valence-corrected chi connectivity index (χ0v) is 22.6. The number of anilines is 2. The van der Waals surface area contributed by atoms with Gasteiger partial charge in [-0.1, -0.05) is 17.7 Å². The van der Waals surface area contributed by atoms with Crippen LogP contribution < -0.4 is 16.0 Å². The van der Waals surface area contributed by atoms with Crippen LogP contribution in [-0.4, -0.2) is 51.0 Å². The minimum absolute atomic E-state index is 0.144. The van der Waals surface area contributed by atoms with E-state index in [0.29, 0.717) is 23.1 Å². The molecule has 0 atom stereocenters. The zero-order chi connectivity index (χ0) is 28.0. The Morgan fingerprint density at radius 2 is 1.76 bits per heavy atom. The van der Waals surface area contributed by atoms with Crippen LogP contribution >= 0.6 is 11.6 Å². The van der Waals surface area contributed by atoms with Crippen LogP contribution in [0.1, 0.15) is 32.8 Å². The first-order valence-electron chi connectivity index (χ1n) is 10.8. The first-order chi connectivity index (χ1) is 17.0. The summed E-state index contributed by atoms with van der Waals surface area (Å²) in [5, 5.41) is 3.11. The predicted octanol–water partition coefficient (Wildman–Crippen LogP) is 3.36. The highest BCUT2D eigenvalue weighted by molar-refractivity contribution is 7.86. The molecule has 2 aromatic carbocycles. The van der Waals surface area contributed by atoms with Gasteiger partial charge in [-0.2, -0.15) is 16.8 Å². The number of guanidine groups is 1. The van der Waals surface area contributed by atoms with E-state index in [9.17, 15) is 25.5 Å². The number of halogens is 2. The van der Waals surface area contributed by atoms with E-state index in [1.807, 2.05) is 26.0 Å². The molecule has 0 bridgehead atoms. The van der Waals surface area contributed by atoms with E-state index in [2.05, 4.69) is 15.3 Å². The number of aryl methyl sites for hydroxylation is 1. The van der Waals surface area contributed by atoms with Crippen LogP contribution in [0.5, 0.6) is 0 Å². The molecule has 1 aliphatic rings. The highest BCUT2D eigenvalue weighted by Gasteiger charge is 2.31. The Balaban J connectivity index is 0.000000717. The van der Waals surface area contributed by atoms with Crippen molar-refractivity contribution in [2.75, 3.05) is 16.0 Å². The van der Waals surface area contributed by atoms with Crippen LogP contribution in [-0.2, 0) is 31.6 Å². The molecule has 0 radical (unpaired) electrons. The fourth-order valence-corrected chi connectivity index (χ4v) is 3.85. The number of aliphatic imine (C=N–C) groups is 2. The maximum absolute atomic E-state index is 12.9. The van der Waals surface area contributed by atoms with Gasteiger partial charge >= 0.3 is 10.2 Å². The van der Waals surface area contributed by atoms with Gasteiger partial charge in [0.1, 0.15) is 12.0 Å². The zero-order valence-electron chi connectivity index (χ0n) is 20.2. The molecule has 0 aliphatic carbocycles. The minimum Gasteiger partial charge on any atom is -0.369 e. The topological polar surface area (TPSA) is 172 Å². The van der Waals surface area contributed by atoms with Gasteiger partial charge in [0.2, 0.25) is 11.9 Å². The second-order valence-corrected chi connectivity index (χ2v) is 11.7. The van der Waals surface area contributed by atoms with Crippen molar-refractivity contribution < 1.29 is 30.1 Å². The molecule has 202 valence electrons. The number of hydrogen-bond donors (Lipinski definition) is 3. The average molecular weight is 576 g/mol. The van der Waals surface area contributed by atoms with Gasteiger partial charge in [-0.25, -0.2) is 9.98 Å². The molecule has 1 heterocycles. The van der Waals surface area contributed by atoms with Gasteiger partial charge in [0.25, 0.3) is 10.1 Å². The molecule has 1 aliphatic heterocycles. The number of nitrogens with two attached hydrogens (primary N) is 1. The van der Waals surface area contributed by atoms with E-state index < -0.39 is 30.9 Å². The molecule has 37 heavy (non-hydrogen) atoms. The normalized spacial score (nSPS) is 14.9. The van der Waals surface area contributed by atoms with E-state index in [1.165, 1.54) is 25.4 Å². The standard InChI is InChI=1S/C20H21ClFN5O3S.C2H6O3S/c1-20(2)25-12-24-19(23)27(20)15-7-3-13(17(21)11-15)4-10-18(28)26-14-5-8-16(9-6-14)31(22,29)30;1-2-6(3,4)5/h3,5-9,11-12H,4,10H2,1-2H3,(H,26,28)(H2,23,24,25);2H2,1H3,(H,3,4,5). The summed E-state index contributed by atoms with van der Waals surface area (Å²) < 4.78 is 61.5. The van der Waals surface area contributed by atoms with E-state index >= 15 is 0 Å². The number of hydrogen-bond acceptors (Lipinski definition) is 9. The maximum atomic E-state index is 12.9. The summed E-state index contributed by atoms with van der Waals surface area (Å²) >= 11 is 6.42. The summed E-state index contributed by atoms with van der Waals surface area (Å²) in [6, 6.07) is 10.2.